The summed E-state index contributed by atoms with van der Waals surface area (Å²) in [5.74, 6) is -1.12. The smallest absolute Gasteiger partial charge is 0.349 e. The fraction of sp³-hybridized carbons (Fsp3) is 0.421. The van der Waals surface area contributed by atoms with Gasteiger partial charge in [0.1, 0.15) is 24.3 Å². The van der Waals surface area contributed by atoms with Crippen LogP contribution in [-0.2, 0) is 5.60 Å². The predicted molar refractivity (Wildman–Crippen MR) is 98.8 cm³/mol. The van der Waals surface area contributed by atoms with Crippen LogP contribution in [0.5, 0.6) is 5.75 Å². The second-order valence-electron chi connectivity index (χ2n) is 6.72. The van der Waals surface area contributed by atoms with Gasteiger partial charge < -0.3 is 25.0 Å². The molecule has 0 bridgehead atoms. The van der Waals surface area contributed by atoms with Gasteiger partial charge in [0.15, 0.2) is 4.88 Å². The van der Waals surface area contributed by atoms with Crippen LogP contribution in [0, 0.1) is 5.82 Å². The molecule has 1 atom stereocenters. The van der Waals surface area contributed by atoms with Crippen LogP contribution >= 0.6 is 11.3 Å². The summed E-state index contributed by atoms with van der Waals surface area (Å²) >= 11 is 1.08. The lowest BCUT2D eigenvalue weighted by atomic mass is 9.84. The number of ether oxygens (including phenoxy) is 1. The molecule has 1 aliphatic rings. The molecule has 2 aromatic rings. The molecule has 0 saturated carbocycles. The number of piperidine rings is 1. The lowest BCUT2D eigenvalue weighted by Gasteiger charge is -2.39. The minimum absolute atomic E-state index is 0.00422. The summed E-state index contributed by atoms with van der Waals surface area (Å²) in [6.07, 6.45) is 0.198. The third-order valence-corrected chi connectivity index (χ3v) is 5.67. The van der Waals surface area contributed by atoms with Crippen LogP contribution in [0.1, 0.15) is 28.1 Å². The Hall–Kier alpha value is -2.00. The van der Waals surface area contributed by atoms with Gasteiger partial charge in [-0.05, 0) is 42.0 Å². The normalized spacial score (nSPS) is 18.2. The highest BCUT2D eigenvalue weighted by molar-refractivity contribution is 7.12. The Morgan fingerprint density at radius 2 is 1.93 bits per heavy atom. The average molecular weight is 395 g/mol. The predicted octanol–water partition coefficient (Wildman–Crippen LogP) is 2.31. The van der Waals surface area contributed by atoms with Crippen molar-refractivity contribution in [1.82, 2.24) is 4.90 Å². The summed E-state index contributed by atoms with van der Waals surface area (Å²) in [6.45, 7) is 1.54. The van der Waals surface area contributed by atoms with Gasteiger partial charge in [0.05, 0.1) is 5.60 Å². The van der Waals surface area contributed by atoms with Gasteiger partial charge in [0, 0.05) is 19.6 Å². The molecule has 1 fully saturated rings. The number of thiophene rings is 1. The zero-order chi connectivity index (χ0) is 19.4. The average Bonchev–Trinajstić information content (AvgIpc) is 3.11. The molecule has 0 aliphatic carbocycles. The number of aromatic carboxylic acids is 1. The Bertz CT molecular complexity index is 771. The van der Waals surface area contributed by atoms with Gasteiger partial charge in [-0.15, -0.1) is 11.3 Å². The Balaban J connectivity index is 1.48. The first-order valence-corrected chi connectivity index (χ1v) is 9.58. The van der Waals surface area contributed by atoms with E-state index in [1.54, 1.807) is 23.6 Å². The number of hydrogen-bond donors (Lipinski definition) is 3. The number of halogens is 1. The van der Waals surface area contributed by atoms with Crippen molar-refractivity contribution in [3.8, 4) is 5.75 Å². The van der Waals surface area contributed by atoms with Crippen molar-refractivity contribution in [3.05, 3.63) is 52.0 Å². The van der Waals surface area contributed by atoms with Crippen LogP contribution in [0.25, 0.3) is 0 Å². The number of carboxylic acid groups (broad SMARTS) is 1. The summed E-state index contributed by atoms with van der Waals surface area (Å²) in [6, 6.07) is 7.47. The van der Waals surface area contributed by atoms with E-state index in [9.17, 15) is 19.4 Å². The number of aliphatic hydroxyl groups is 2. The molecule has 1 saturated heterocycles. The Morgan fingerprint density at radius 1 is 1.26 bits per heavy atom. The van der Waals surface area contributed by atoms with Gasteiger partial charge in [-0.3, -0.25) is 0 Å². The van der Waals surface area contributed by atoms with E-state index < -0.39 is 17.7 Å². The van der Waals surface area contributed by atoms with E-state index in [-0.39, 0.29) is 23.1 Å². The molecule has 8 heteroatoms. The lowest BCUT2D eigenvalue weighted by Crippen LogP contribution is -2.46. The third-order valence-electron chi connectivity index (χ3n) is 4.79. The largest absolute Gasteiger partial charge is 0.489 e. The molecule has 1 unspecified atom stereocenters. The molecule has 2 heterocycles. The van der Waals surface area contributed by atoms with E-state index in [0.717, 1.165) is 11.3 Å². The van der Waals surface area contributed by atoms with E-state index in [0.29, 0.717) is 38.0 Å². The van der Waals surface area contributed by atoms with Gasteiger partial charge >= 0.3 is 5.97 Å². The van der Waals surface area contributed by atoms with Crippen molar-refractivity contribution in [1.29, 1.82) is 0 Å². The van der Waals surface area contributed by atoms with Crippen LogP contribution in [0.2, 0.25) is 0 Å². The molecule has 0 radical (unpaired) electrons. The van der Waals surface area contributed by atoms with Crippen molar-refractivity contribution in [2.75, 3.05) is 26.2 Å². The standard InChI is InChI=1S/C19H22FNO5S/c20-14-3-1-13(2-4-14)19(25)6-8-21(9-7-19)11-15(22)12-26-16-5-10-27-17(16)18(23)24/h1-5,10,15,22,25H,6-9,11-12H2,(H,23,24). The maximum absolute atomic E-state index is 13.1. The fourth-order valence-electron chi connectivity index (χ4n) is 3.26. The first-order chi connectivity index (χ1) is 12.9. The molecule has 3 rings (SSSR count). The monoisotopic (exact) mass is 395 g/mol. The molecule has 6 nitrogen and oxygen atoms in total. The second kappa shape index (κ2) is 8.35. The van der Waals surface area contributed by atoms with Gasteiger partial charge in [-0.25, -0.2) is 9.18 Å². The van der Waals surface area contributed by atoms with E-state index in [1.807, 2.05) is 4.90 Å². The highest BCUT2D eigenvalue weighted by Gasteiger charge is 2.34. The molecular weight excluding hydrogens is 373 g/mol. The first kappa shape index (κ1) is 19.8. The fourth-order valence-corrected chi connectivity index (χ4v) is 3.93. The van der Waals surface area contributed by atoms with Crippen LogP contribution in [-0.4, -0.2) is 58.5 Å². The minimum Gasteiger partial charge on any atom is -0.489 e. The molecule has 3 N–H and O–H groups in total. The van der Waals surface area contributed by atoms with Gasteiger partial charge in [0.25, 0.3) is 0 Å². The topological polar surface area (TPSA) is 90.2 Å². The highest BCUT2D eigenvalue weighted by atomic mass is 32.1. The molecule has 0 spiro atoms. The Labute approximate surface area is 160 Å². The van der Waals surface area contributed by atoms with Crippen LogP contribution in [0.3, 0.4) is 0 Å². The summed E-state index contributed by atoms with van der Waals surface area (Å²) in [5.41, 5.74) is -0.287. The van der Waals surface area contributed by atoms with Crippen LogP contribution < -0.4 is 4.74 Å². The highest BCUT2D eigenvalue weighted by Crippen LogP contribution is 2.33. The number of likely N-dealkylation sites (tertiary alicyclic amines) is 1. The number of benzene rings is 1. The van der Waals surface area contributed by atoms with Gasteiger partial charge in [0.2, 0.25) is 0 Å². The number of aliphatic hydroxyl groups excluding tert-OH is 1. The molecular formula is C19H22FNO5S. The number of nitrogens with zero attached hydrogens (tertiary/aromatic N) is 1. The SMILES string of the molecule is O=C(O)c1sccc1OCC(O)CN1CCC(O)(c2ccc(F)cc2)CC1. The quantitative estimate of drug-likeness (QED) is 0.667. The van der Waals surface area contributed by atoms with Crippen molar-refractivity contribution >= 4 is 17.3 Å². The summed E-state index contributed by atoms with van der Waals surface area (Å²) < 4.78 is 18.5. The molecule has 1 aliphatic heterocycles. The van der Waals surface area contributed by atoms with Crippen molar-refractivity contribution < 1.29 is 29.2 Å². The maximum atomic E-state index is 13.1. The van der Waals surface area contributed by atoms with E-state index >= 15 is 0 Å². The summed E-state index contributed by atoms with van der Waals surface area (Å²) in [5, 5.41) is 31.7. The van der Waals surface area contributed by atoms with Crippen LogP contribution in [0.15, 0.2) is 35.7 Å². The lowest BCUT2D eigenvalue weighted by molar-refractivity contribution is -0.0372. The zero-order valence-electron chi connectivity index (χ0n) is 14.7. The summed E-state index contributed by atoms with van der Waals surface area (Å²) in [7, 11) is 0. The number of carbonyl (C=O) groups is 1. The second-order valence-corrected chi connectivity index (χ2v) is 7.64. The van der Waals surface area contributed by atoms with Crippen molar-refractivity contribution in [2.24, 2.45) is 0 Å². The van der Waals surface area contributed by atoms with Crippen molar-refractivity contribution in [2.45, 2.75) is 24.5 Å². The summed E-state index contributed by atoms with van der Waals surface area (Å²) in [4.78, 5) is 13.2. The molecule has 27 heavy (non-hydrogen) atoms. The van der Waals surface area contributed by atoms with Crippen molar-refractivity contribution in [3.63, 3.8) is 0 Å². The molecule has 146 valence electrons. The molecule has 1 aromatic heterocycles. The third kappa shape index (κ3) is 4.84. The maximum Gasteiger partial charge on any atom is 0.349 e. The zero-order valence-corrected chi connectivity index (χ0v) is 15.5. The number of β-amino-alcohol motifs (C(OH)–C–C–N with tert-alkyl or cyclic N) is 1. The van der Waals surface area contributed by atoms with E-state index in [1.165, 1.54) is 12.1 Å². The number of carboxylic acids is 1. The van der Waals surface area contributed by atoms with Gasteiger partial charge in [-0.1, -0.05) is 12.1 Å². The van der Waals surface area contributed by atoms with Crippen LogP contribution in [0.4, 0.5) is 4.39 Å². The first-order valence-electron chi connectivity index (χ1n) is 8.70. The Morgan fingerprint density at radius 3 is 2.56 bits per heavy atom. The molecule has 1 aromatic carbocycles. The minimum atomic E-state index is -1.05. The van der Waals surface area contributed by atoms with E-state index in [2.05, 4.69) is 0 Å². The molecule has 0 amide bonds. The Kier molecular flexibility index (Phi) is 6.11. The number of hydrogen-bond acceptors (Lipinski definition) is 6. The number of rotatable bonds is 7. The van der Waals surface area contributed by atoms with E-state index in [4.69, 9.17) is 9.84 Å². The van der Waals surface area contributed by atoms with Gasteiger partial charge in [-0.2, -0.15) is 0 Å².